The molecule has 1 heterocycles. The summed E-state index contributed by atoms with van der Waals surface area (Å²) >= 11 is 0. The van der Waals surface area contributed by atoms with Crippen LogP contribution in [-0.4, -0.2) is 35.6 Å². The first-order chi connectivity index (χ1) is 11.2. The molecule has 1 aliphatic heterocycles. The van der Waals surface area contributed by atoms with E-state index >= 15 is 0 Å². The second-order valence-electron chi connectivity index (χ2n) is 6.06. The first-order valence-corrected chi connectivity index (χ1v) is 9.59. The summed E-state index contributed by atoms with van der Waals surface area (Å²) in [5.41, 5.74) is 0. The van der Waals surface area contributed by atoms with Gasteiger partial charge in [-0.15, -0.1) is 0 Å². The summed E-state index contributed by atoms with van der Waals surface area (Å²) in [6.45, 7) is 1.80. The average Bonchev–Trinajstić information content (AvgIpc) is 3.11. The molecule has 23 heavy (non-hydrogen) atoms. The van der Waals surface area contributed by atoms with Crippen molar-refractivity contribution in [3.05, 3.63) is 18.2 Å². The van der Waals surface area contributed by atoms with Gasteiger partial charge < -0.3 is 14.8 Å². The second kappa shape index (κ2) is 7.81. The van der Waals surface area contributed by atoms with Crippen molar-refractivity contribution in [2.45, 2.75) is 37.0 Å². The van der Waals surface area contributed by atoms with Crippen LogP contribution in [0.3, 0.4) is 0 Å². The molecule has 1 fully saturated rings. The Labute approximate surface area is 139 Å². The molecule has 2 aliphatic rings. The highest BCUT2D eigenvalue weighted by Gasteiger charge is 2.17. The fraction of sp³-hybridized carbons (Fsp3) is 0.588. The van der Waals surface area contributed by atoms with Gasteiger partial charge in [0, 0.05) is 29.7 Å². The van der Waals surface area contributed by atoms with Crippen molar-refractivity contribution < 1.29 is 18.5 Å². The molecule has 0 aromatic heterocycles. The van der Waals surface area contributed by atoms with E-state index in [0.29, 0.717) is 41.3 Å². The number of nitrogens with one attached hydrogen (secondary N) is 1. The Hall–Kier alpha value is -1.56. The van der Waals surface area contributed by atoms with Crippen LogP contribution in [0, 0.1) is 5.92 Å². The van der Waals surface area contributed by atoms with Gasteiger partial charge in [-0.05, 0) is 30.9 Å². The third-order valence-electron chi connectivity index (χ3n) is 4.35. The number of hydrogen-bond donors (Lipinski definition) is 1. The third kappa shape index (κ3) is 4.47. The van der Waals surface area contributed by atoms with Crippen molar-refractivity contribution in [1.29, 1.82) is 0 Å². The summed E-state index contributed by atoms with van der Waals surface area (Å²) in [6.07, 6.45) is 5.25. The number of carbonyl (C=O) groups excluding carboxylic acids is 1. The van der Waals surface area contributed by atoms with Gasteiger partial charge in [-0.2, -0.15) is 0 Å². The molecule has 126 valence electrons. The van der Waals surface area contributed by atoms with Gasteiger partial charge in [-0.3, -0.25) is 9.00 Å². The number of amides is 1. The summed E-state index contributed by atoms with van der Waals surface area (Å²) in [4.78, 5) is 12.6. The lowest BCUT2D eigenvalue weighted by Gasteiger charge is -2.18. The molecule has 0 radical (unpaired) electrons. The molecule has 0 spiro atoms. The molecule has 1 aliphatic carbocycles. The lowest BCUT2D eigenvalue weighted by Crippen LogP contribution is -2.29. The van der Waals surface area contributed by atoms with Crippen LogP contribution in [-0.2, 0) is 15.6 Å². The monoisotopic (exact) mass is 337 g/mol. The van der Waals surface area contributed by atoms with Crippen molar-refractivity contribution in [3.63, 3.8) is 0 Å². The minimum atomic E-state index is -1.20. The molecule has 5 nitrogen and oxygen atoms in total. The van der Waals surface area contributed by atoms with Gasteiger partial charge in [0.25, 0.3) is 0 Å². The zero-order valence-corrected chi connectivity index (χ0v) is 14.0. The van der Waals surface area contributed by atoms with E-state index in [9.17, 15) is 9.00 Å². The molecule has 0 saturated heterocycles. The number of ether oxygens (including phenoxy) is 2. The number of hydrogen-bond acceptors (Lipinski definition) is 4. The second-order valence-corrected chi connectivity index (χ2v) is 7.63. The van der Waals surface area contributed by atoms with Crippen LogP contribution in [0.1, 0.15) is 32.1 Å². The van der Waals surface area contributed by atoms with Crippen LogP contribution in [0.2, 0.25) is 0 Å². The average molecular weight is 337 g/mol. The Kier molecular flexibility index (Phi) is 5.54. The third-order valence-corrected chi connectivity index (χ3v) is 5.71. The fourth-order valence-corrected chi connectivity index (χ4v) is 4.09. The summed E-state index contributed by atoms with van der Waals surface area (Å²) in [5, 5.41) is 2.96. The topological polar surface area (TPSA) is 64.6 Å². The molecule has 0 unspecified atom stereocenters. The zero-order valence-electron chi connectivity index (χ0n) is 13.2. The molecule has 1 N–H and O–H groups in total. The summed E-state index contributed by atoms with van der Waals surface area (Å²) < 4.78 is 23.3. The summed E-state index contributed by atoms with van der Waals surface area (Å²) in [5.74, 6) is 2.26. The van der Waals surface area contributed by atoms with E-state index in [-0.39, 0.29) is 12.3 Å². The molecule has 3 rings (SSSR count). The Morgan fingerprint density at radius 2 is 1.91 bits per heavy atom. The largest absolute Gasteiger partial charge is 0.486 e. The predicted octanol–water partition coefficient (Wildman–Crippen LogP) is 2.26. The molecule has 1 saturated carbocycles. The molecule has 6 heteroatoms. The van der Waals surface area contributed by atoms with Crippen molar-refractivity contribution in [3.8, 4) is 11.5 Å². The SMILES string of the molecule is O=C(CC[S@@](=O)c1ccc2c(c1)OCCO2)NCC1CCCC1. The van der Waals surface area contributed by atoms with Gasteiger partial charge in [0.1, 0.15) is 13.2 Å². The lowest BCUT2D eigenvalue weighted by molar-refractivity contribution is -0.120. The van der Waals surface area contributed by atoms with Crippen LogP contribution in [0.25, 0.3) is 0 Å². The predicted molar refractivity (Wildman–Crippen MR) is 88.3 cm³/mol. The van der Waals surface area contributed by atoms with Gasteiger partial charge in [0.05, 0.1) is 10.8 Å². The molecule has 1 amide bonds. The number of benzene rings is 1. The van der Waals surface area contributed by atoms with Gasteiger partial charge in [-0.1, -0.05) is 12.8 Å². The van der Waals surface area contributed by atoms with E-state index in [1.165, 1.54) is 25.7 Å². The van der Waals surface area contributed by atoms with E-state index in [0.717, 1.165) is 6.54 Å². The highest BCUT2D eigenvalue weighted by atomic mass is 32.2. The Bertz CT molecular complexity index is 584. The van der Waals surface area contributed by atoms with Crippen molar-refractivity contribution in [2.24, 2.45) is 5.92 Å². The van der Waals surface area contributed by atoms with Gasteiger partial charge in [0.15, 0.2) is 11.5 Å². The van der Waals surface area contributed by atoms with E-state index < -0.39 is 10.8 Å². The highest BCUT2D eigenvalue weighted by Crippen LogP contribution is 2.31. The maximum absolute atomic E-state index is 12.3. The van der Waals surface area contributed by atoms with Gasteiger partial charge in [0.2, 0.25) is 5.91 Å². The van der Waals surface area contributed by atoms with E-state index in [1.807, 2.05) is 0 Å². The molecular formula is C17H23NO4S. The number of fused-ring (bicyclic) bond motifs is 1. The minimum absolute atomic E-state index is 0.0113. The normalized spacial score (nSPS) is 18.6. The van der Waals surface area contributed by atoms with Crippen LogP contribution >= 0.6 is 0 Å². The van der Waals surface area contributed by atoms with Crippen LogP contribution < -0.4 is 14.8 Å². The molecular weight excluding hydrogens is 314 g/mol. The van der Waals surface area contributed by atoms with Crippen molar-refractivity contribution >= 4 is 16.7 Å². The maximum atomic E-state index is 12.3. The quantitative estimate of drug-likeness (QED) is 0.865. The highest BCUT2D eigenvalue weighted by molar-refractivity contribution is 7.85. The summed E-state index contributed by atoms with van der Waals surface area (Å²) in [7, 11) is -1.20. The maximum Gasteiger partial charge on any atom is 0.220 e. The minimum Gasteiger partial charge on any atom is -0.486 e. The van der Waals surface area contributed by atoms with E-state index in [4.69, 9.17) is 9.47 Å². The lowest BCUT2D eigenvalue weighted by atomic mass is 10.1. The standard InChI is InChI=1S/C17H23NO4S/c19-17(18-12-13-3-1-2-4-13)7-10-23(20)14-5-6-15-16(11-14)22-9-8-21-15/h5-6,11,13H,1-4,7-10,12H2,(H,18,19)/t23-/m1/s1. The van der Waals surface area contributed by atoms with Crippen LogP contribution in [0.5, 0.6) is 11.5 Å². The van der Waals surface area contributed by atoms with Crippen molar-refractivity contribution in [1.82, 2.24) is 5.32 Å². The Balaban J connectivity index is 1.46. The smallest absolute Gasteiger partial charge is 0.220 e. The van der Waals surface area contributed by atoms with E-state index in [1.54, 1.807) is 18.2 Å². The van der Waals surface area contributed by atoms with Crippen molar-refractivity contribution in [2.75, 3.05) is 25.5 Å². The zero-order chi connectivity index (χ0) is 16.1. The first kappa shape index (κ1) is 16.3. The fourth-order valence-electron chi connectivity index (χ4n) is 3.03. The van der Waals surface area contributed by atoms with Gasteiger partial charge in [-0.25, -0.2) is 0 Å². The molecule has 0 bridgehead atoms. The number of rotatable bonds is 6. The molecule has 1 aromatic carbocycles. The Morgan fingerprint density at radius 3 is 2.70 bits per heavy atom. The summed E-state index contributed by atoms with van der Waals surface area (Å²) in [6, 6.07) is 5.31. The van der Waals surface area contributed by atoms with Crippen LogP contribution in [0.4, 0.5) is 0 Å². The molecule has 1 aromatic rings. The Morgan fingerprint density at radius 1 is 1.17 bits per heavy atom. The first-order valence-electron chi connectivity index (χ1n) is 8.27. The van der Waals surface area contributed by atoms with E-state index in [2.05, 4.69) is 5.32 Å². The van der Waals surface area contributed by atoms with Gasteiger partial charge >= 0.3 is 0 Å². The van der Waals surface area contributed by atoms with Crippen LogP contribution in [0.15, 0.2) is 23.1 Å². The molecule has 1 atom stereocenters. The number of carbonyl (C=O) groups is 1.